The Morgan fingerprint density at radius 3 is 1.71 bits per heavy atom. The zero-order valence-electron chi connectivity index (χ0n) is 4.73. The highest BCUT2D eigenvalue weighted by atomic mass is 32.2. The third-order valence-corrected chi connectivity index (χ3v) is 4.16. The van der Waals surface area contributed by atoms with Crippen molar-refractivity contribution >= 4 is 23.5 Å². The monoisotopic (exact) mass is 134 g/mol. The lowest BCUT2D eigenvalue weighted by molar-refractivity contribution is 1.04. The fourth-order valence-corrected chi connectivity index (χ4v) is 3.10. The molecule has 0 atom stereocenters. The predicted molar refractivity (Wildman–Crippen MR) is 39.0 cm³/mol. The van der Waals surface area contributed by atoms with Gasteiger partial charge in [0.25, 0.3) is 0 Å². The Morgan fingerprint density at radius 1 is 1.14 bits per heavy atom. The molecule has 1 saturated heterocycles. The van der Waals surface area contributed by atoms with Crippen molar-refractivity contribution in [3.8, 4) is 0 Å². The van der Waals surface area contributed by atoms with Crippen molar-refractivity contribution in [3.05, 3.63) is 0 Å². The smallest absolute Gasteiger partial charge is 0.0555 e. The lowest BCUT2D eigenvalue weighted by Gasteiger charge is -2.12. The Morgan fingerprint density at radius 2 is 1.57 bits per heavy atom. The van der Waals surface area contributed by atoms with Gasteiger partial charge in [-0.15, -0.1) is 23.5 Å². The number of hydrogen-bond donors (Lipinski definition) is 0. The van der Waals surface area contributed by atoms with E-state index in [0.717, 1.165) is 0 Å². The molecule has 2 heteroatoms. The maximum Gasteiger partial charge on any atom is 0.0555 e. The fraction of sp³-hybridized carbons (Fsp3) is 1.00. The van der Waals surface area contributed by atoms with E-state index in [2.05, 4.69) is 37.4 Å². The van der Waals surface area contributed by atoms with E-state index >= 15 is 0 Å². The lowest BCUT2D eigenvalue weighted by Crippen LogP contribution is -2.00. The molecule has 0 N–H and O–H groups in total. The highest BCUT2D eigenvalue weighted by Gasteiger charge is 2.23. The first kappa shape index (κ1) is 5.83. The molecule has 0 spiro atoms. The fourth-order valence-electron chi connectivity index (χ4n) is 0.617. The highest BCUT2D eigenvalue weighted by Crippen LogP contribution is 2.42. The van der Waals surface area contributed by atoms with Crippen LogP contribution in [-0.2, 0) is 0 Å². The third-order valence-electron chi connectivity index (χ3n) is 0.983. The first-order valence-electron chi connectivity index (χ1n) is 2.49. The second-order valence-corrected chi connectivity index (χ2v) is 5.79. The van der Waals surface area contributed by atoms with Crippen molar-refractivity contribution in [1.29, 1.82) is 0 Å². The zero-order valence-corrected chi connectivity index (χ0v) is 6.36. The van der Waals surface area contributed by atoms with Gasteiger partial charge in [0, 0.05) is 11.5 Å². The van der Waals surface area contributed by atoms with E-state index in [9.17, 15) is 0 Å². The minimum Gasteiger partial charge on any atom is -0.144 e. The summed E-state index contributed by atoms with van der Waals surface area (Å²) in [6.07, 6.45) is 0. The zero-order chi connectivity index (χ0) is 5.33. The number of hydrogen-bond acceptors (Lipinski definition) is 2. The van der Waals surface area contributed by atoms with Gasteiger partial charge in [-0.05, 0) is 13.8 Å². The molecule has 42 valence electrons. The van der Waals surface area contributed by atoms with Gasteiger partial charge in [-0.3, -0.25) is 0 Å². The minimum absolute atomic E-state index is 0.528. The SMILES string of the molecule is CC1(C)SCCS1. The van der Waals surface area contributed by atoms with Gasteiger partial charge in [0.1, 0.15) is 0 Å². The third kappa shape index (κ3) is 1.57. The van der Waals surface area contributed by atoms with Crippen LogP contribution in [0, 0.1) is 0 Å². The minimum atomic E-state index is 0.528. The molecule has 1 heterocycles. The van der Waals surface area contributed by atoms with Crippen LogP contribution in [0.25, 0.3) is 0 Å². The van der Waals surface area contributed by atoms with E-state index in [4.69, 9.17) is 0 Å². The summed E-state index contributed by atoms with van der Waals surface area (Å²) in [7, 11) is 0. The summed E-state index contributed by atoms with van der Waals surface area (Å²) < 4.78 is 0.528. The van der Waals surface area contributed by atoms with Crippen LogP contribution < -0.4 is 0 Å². The average molecular weight is 134 g/mol. The lowest BCUT2D eigenvalue weighted by atomic mass is 10.5. The molecule has 0 saturated carbocycles. The summed E-state index contributed by atoms with van der Waals surface area (Å²) in [4.78, 5) is 0. The first-order chi connectivity index (χ1) is 3.21. The first-order valence-corrected chi connectivity index (χ1v) is 4.46. The van der Waals surface area contributed by atoms with Crippen molar-refractivity contribution in [2.45, 2.75) is 17.9 Å². The molecule has 1 rings (SSSR count). The Kier molecular flexibility index (Phi) is 1.58. The van der Waals surface area contributed by atoms with Crippen LogP contribution in [0.2, 0.25) is 0 Å². The van der Waals surface area contributed by atoms with Gasteiger partial charge < -0.3 is 0 Å². The molecule has 0 unspecified atom stereocenters. The summed E-state index contributed by atoms with van der Waals surface area (Å²) in [5.41, 5.74) is 0. The molecule has 1 fully saturated rings. The standard InChI is InChI=1S/C5H10S2/c1-5(2)6-3-4-7-5/h3-4H2,1-2H3. The summed E-state index contributed by atoms with van der Waals surface area (Å²) in [6, 6.07) is 0. The quantitative estimate of drug-likeness (QED) is 0.498. The van der Waals surface area contributed by atoms with E-state index in [1.165, 1.54) is 11.5 Å². The van der Waals surface area contributed by atoms with Crippen LogP contribution in [-0.4, -0.2) is 15.6 Å². The van der Waals surface area contributed by atoms with Crippen LogP contribution >= 0.6 is 23.5 Å². The van der Waals surface area contributed by atoms with E-state index in [-0.39, 0.29) is 0 Å². The molecular weight excluding hydrogens is 124 g/mol. The second kappa shape index (κ2) is 1.90. The summed E-state index contributed by atoms with van der Waals surface area (Å²) in [6.45, 7) is 4.57. The molecular formula is C5H10S2. The maximum absolute atomic E-state index is 2.29. The largest absolute Gasteiger partial charge is 0.144 e. The molecule has 0 aromatic rings. The van der Waals surface area contributed by atoms with Gasteiger partial charge in [0.05, 0.1) is 4.08 Å². The molecule has 1 aliphatic rings. The summed E-state index contributed by atoms with van der Waals surface area (Å²) in [5, 5.41) is 0. The molecule has 0 bridgehead atoms. The molecule has 1 aliphatic heterocycles. The molecule has 0 radical (unpaired) electrons. The maximum atomic E-state index is 2.29. The molecule has 0 nitrogen and oxygen atoms in total. The summed E-state index contributed by atoms with van der Waals surface area (Å²) >= 11 is 4.12. The van der Waals surface area contributed by atoms with Gasteiger partial charge in [0.2, 0.25) is 0 Å². The van der Waals surface area contributed by atoms with Gasteiger partial charge in [-0.2, -0.15) is 0 Å². The van der Waals surface area contributed by atoms with Crippen LogP contribution in [0.3, 0.4) is 0 Å². The normalized spacial score (nSPS) is 28.3. The molecule has 0 amide bonds. The van der Waals surface area contributed by atoms with Crippen molar-refractivity contribution in [3.63, 3.8) is 0 Å². The van der Waals surface area contributed by atoms with Crippen molar-refractivity contribution in [2.75, 3.05) is 11.5 Å². The predicted octanol–water partition coefficient (Wildman–Crippen LogP) is 2.20. The van der Waals surface area contributed by atoms with Crippen LogP contribution in [0.5, 0.6) is 0 Å². The van der Waals surface area contributed by atoms with Crippen molar-refractivity contribution < 1.29 is 0 Å². The van der Waals surface area contributed by atoms with E-state index in [1.54, 1.807) is 0 Å². The van der Waals surface area contributed by atoms with Crippen LogP contribution in [0.1, 0.15) is 13.8 Å². The Hall–Kier alpha value is 0.700. The number of thioether (sulfide) groups is 2. The van der Waals surface area contributed by atoms with E-state index < -0.39 is 0 Å². The molecule has 0 aromatic heterocycles. The Balaban J connectivity index is 2.40. The average Bonchev–Trinajstić information content (AvgIpc) is 1.84. The Bertz CT molecular complexity index is 60.5. The second-order valence-electron chi connectivity index (χ2n) is 2.10. The summed E-state index contributed by atoms with van der Waals surface area (Å²) in [5.74, 6) is 2.69. The number of rotatable bonds is 0. The van der Waals surface area contributed by atoms with E-state index in [0.29, 0.717) is 4.08 Å². The van der Waals surface area contributed by atoms with Gasteiger partial charge in [0.15, 0.2) is 0 Å². The Labute approximate surface area is 53.4 Å². The molecule has 0 aliphatic carbocycles. The molecule has 0 aromatic carbocycles. The highest BCUT2D eigenvalue weighted by molar-refractivity contribution is 8.21. The van der Waals surface area contributed by atoms with Gasteiger partial charge >= 0.3 is 0 Å². The van der Waals surface area contributed by atoms with Crippen LogP contribution in [0.15, 0.2) is 0 Å². The van der Waals surface area contributed by atoms with Gasteiger partial charge in [-0.1, -0.05) is 0 Å². The molecule has 7 heavy (non-hydrogen) atoms. The van der Waals surface area contributed by atoms with Crippen molar-refractivity contribution in [2.24, 2.45) is 0 Å². The van der Waals surface area contributed by atoms with Crippen molar-refractivity contribution in [1.82, 2.24) is 0 Å². The topological polar surface area (TPSA) is 0 Å². The van der Waals surface area contributed by atoms with Gasteiger partial charge in [-0.25, -0.2) is 0 Å². The van der Waals surface area contributed by atoms with Crippen LogP contribution in [0.4, 0.5) is 0 Å². The van der Waals surface area contributed by atoms with E-state index in [1.807, 2.05) is 0 Å².